The van der Waals surface area contributed by atoms with Gasteiger partial charge in [-0.2, -0.15) is 39.5 Å². The van der Waals surface area contributed by atoms with Crippen LogP contribution in [0.4, 0.5) is 43.9 Å². The van der Waals surface area contributed by atoms with E-state index in [1.807, 2.05) is 0 Å². The third kappa shape index (κ3) is 1.29. The molecule has 0 amide bonds. The molecule has 1 rings (SSSR count). The number of hydrogen-bond acceptors (Lipinski definition) is 2. The molecule has 12 heteroatoms. The van der Waals surface area contributed by atoms with Crippen LogP contribution in [0.2, 0.25) is 0 Å². The average molecular weight is 324 g/mol. The summed E-state index contributed by atoms with van der Waals surface area (Å²) in [6.45, 7) is -3.10. The van der Waals surface area contributed by atoms with Crippen LogP contribution in [0.3, 0.4) is 0 Å². The molecule has 0 aromatic rings. The summed E-state index contributed by atoms with van der Waals surface area (Å²) >= 11 is 0. The molecule has 0 aromatic heterocycles. The maximum Gasteiger partial charge on any atom is 0.377 e. The van der Waals surface area contributed by atoms with E-state index in [9.17, 15) is 43.9 Å². The number of ether oxygens (including phenoxy) is 1. The van der Waals surface area contributed by atoms with Crippen LogP contribution in [-0.2, 0) is 4.74 Å². The van der Waals surface area contributed by atoms with Gasteiger partial charge in [-0.05, 0) is 0 Å². The maximum absolute atomic E-state index is 13.4. The molecule has 0 saturated heterocycles. The summed E-state index contributed by atoms with van der Waals surface area (Å²) < 4.78 is 135. The van der Waals surface area contributed by atoms with Crippen molar-refractivity contribution in [1.29, 1.82) is 0 Å². The molecular formula is C8H6F10O2. The van der Waals surface area contributed by atoms with E-state index < -0.39 is 41.8 Å². The third-order valence-electron chi connectivity index (χ3n) is 3.09. The molecule has 2 nitrogen and oxygen atoms in total. The second-order valence-electron chi connectivity index (χ2n) is 4.06. The number of rotatable bonds is 2. The minimum atomic E-state index is -6.68. The lowest BCUT2D eigenvalue weighted by atomic mass is 9.72. The van der Waals surface area contributed by atoms with Gasteiger partial charge in [0.2, 0.25) is 0 Å². The molecule has 20 heavy (non-hydrogen) atoms. The van der Waals surface area contributed by atoms with Gasteiger partial charge in [0.05, 0.1) is 6.61 Å². The monoisotopic (exact) mass is 324 g/mol. The second kappa shape index (κ2) is 3.90. The Morgan fingerprint density at radius 3 is 1.20 bits per heavy atom. The minimum Gasteiger partial charge on any atom is -0.393 e. The van der Waals surface area contributed by atoms with Crippen LogP contribution in [0, 0.1) is 0 Å². The van der Waals surface area contributed by atoms with Gasteiger partial charge in [-0.15, -0.1) is 0 Å². The molecule has 0 spiro atoms. The summed E-state index contributed by atoms with van der Waals surface area (Å²) in [4.78, 5) is 0. The molecule has 0 aromatic carbocycles. The van der Waals surface area contributed by atoms with Gasteiger partial charge in [0.15, 0.2) is 0 Å². The Balaban J connectivity index is 3.81. The Hall–Kier alpha value is -0.780. The van der Waals surface area contributed by atoms with E-state index in [4.69, 9.17) is 5.11 Å². The quantitative estimate of drug-likeness (QED) is 0.791. The van der Waals surface area contributed by atoms with Gasteiger partial charge in [0.1, 0.15) is 0 Å². The second-order valence-corrected chi connectivity index (χ2v) is 4.06. The lowest BCUT2D eigenvalue weighted by Gasteiger charge is -2.53. The van der Waals surface area contributed by atoms with Crippen LogP contribution in [-0.4, -0.2) is 54.0 Å². The highest BCUT2D eigenvalue weighted by Gasteiger charge is 3.00. The lowest BCUT2D eigenvalue weighted by molar-refractivity contribution is -0.505. The van der Waals surface area contributed by atoms with Crippen LogP contribution >= 0.6 is 0 Å². The van der Waals surface area contributed by atoms with Crippen molar-refractivity contribution in [3.8, 4) is 0 Å². The summed E-state index contributed by atoms with van der Waals surface area (Å²) in [5, 5.41) is 8.16. The van der Waals surface area contributed by atoms with E-state index in [-0.39, 0.29) is 7.11 Å². The van der Waals surface area contributed by atoms with Gasteiger partial charge in [-0.3, -0.25) is 0 Å². The molecule has 0 aliphatic heterocycles. The van der Waals surface area contributed by atoms with E-state index in [0.717, 1.165) is 0 Å². The van der Waals surface area contributed by atoms with Crippen molar-refractivity contribution in [2.45, 2.75) is 35.2 Å². The Kier molecular flexibility index (Phi) is 3.37. The zero-order chi connectivity index (χ0) is 16.4. The van der Waals surface area contributed by atoms with Gasteiger partial charge < -0.3 is 9.84 Å². The number of aliphatic hydroxyl groups is 1. The minimum absolute atomic E-state index is 0.293. The van der Waals surface area contributed by atoms with Gasteiger partial charge in [0.25, 0.3) is 5.67 Å². The van der Waals surface area contributed by atoms with Crippen molar-refractivity contribution >= 4 is 0 Å². The molecule has 0 bridgehead atoms. The molecule has 1 aliphatic rings. The van der Waals surface area contributed by atoms with Gasteiger partial charge in [-0.25, -0.2) is 4.39 Å². The fourth-order valence-electron chi connectivity index (χ4n) is 1.75. The van der Waals surface area contributed by atoms with Crippen molar-refractivity contribution in [2.75, 3.05) is 13.7 Å². The predicted octanol–water partition coefficient (Wildman–Crippen LogP) is 2.55. The Morgan fingerprint density at radius 1 is 0.700 bits per heavy atom. The summed E-state index contributed by atoms with van der Waals surface area (Å²) in [6.07, 6.45) is 0. The Labute approximate surface area is 104 Å². The highest BCUT2D eigenvalue weighted by atomic mass is 19.4. The number of methoxy groups -OCH3 is 1. The fourth-order valence-corrected chi connectivity index (χ4v) is 1.75. The first-order chi connectivity index (χ1) is 8.62. The van der Waals surface area contributed by atoms with Crippen molar-refractivity contribution < 1.29 is 53.7 Å². The fraction of sp³-hybridized carbons (Fsp3) is 1.00. The molecule has 1 N–H and O–H groups in total. The van der Waals surface area contributed by atoms with Gasteiger partial charge >= 0.3 is 29.5 Å². The molecule has 0 atom stereocenters. The maximum atomic E-state index is 13.4. The summed E-state index contributed by atoms with van der Waals surface area (Å²) in [5.41, 5.74) is -6.10. The van der Waals surface area contributed by atoms with E-state index >= 15 is 0 Å². The first kappa shape index (κ1) is 17.3. The molecule has 1 aliphatic carbocycles. The Morgan fingerprint density at radius 2 is 1.00 bits per heavy atom. The van der Waals surface area contributed by atoms with Crippen LogP contribution < -0.4 is 0 Å². The molecule has 0 radical (unpaired) electrons. The highest BCUT2D eigenvalue weighted by Crippen LogP contribution is 2.68. The predicted molar refractivity (Wildman–Crippen MR) is 41.6 cm³/mol. The molecular weight excluding hydrogens is 318 g/mol. The molecule has 1 fully saturated rings. The number of aliphatic hydroxyl groups excluding tert-OH is 1. The van der Waals surface area contributed by atoms with Crippen LogP contribution in [0.25, 0.3) is 0 Å². The van der Waals surface area contributed by atoms with Crippen molar-refractivity contribution in [1.82, 2.24) is 0 Å². The number of alkyl halides is 10. The van der Waals surface area contributed by atoms with Crippen LogP contribution in [0.5, 0.6) is 0 Å². The van der Waals surface area contributed by atoms with E-state index in [0.29, 0.717) is 0 Å². The normalized spacial score (nSPS) is 41.4. The number of hydrogen-bond donors (Lipinski definition) is 1. The van der Waals surface area contributed by atoms with Crippen LogP contribution in [0.15, 0.2) is 0 Å². The smallest absolute Gasteiger partial charge is 0.377 e. The van der Waals surface area contributed by atoms with Crippen molar-refractivity contribution in [2.24, 2.45) is 0 Å². The molecule has 120 valence electrons. The molecule has 0 unspecified atom stereocenters. The largest absolute Gasteiger partial charge is 0.393 e. The van der Waals surface area contributed by atoms with Gasteiger partial charge in [0, 0.05) is 7.11 Å². The zero-order valence-corrected chi connectivity index (χ0v) is 9.34. The highest BCUT2D eigenvalue weighted by molar-refractivity contribution is 5.26. The number of halogens is 10. The molecule has 1 saturated carbocycles. The summed E-state index contributed by atoms with van der Waals surface area (Å²) in [5.74, 6) is -32.9. The Bertz CT molecular complexity index is 340. The zero-order valence-electron chi connectivity index (χ0n) is 9.34. The van der Waals surface area contributed by atoms with E-state index in [1.54, 1.807) is 0 Å². The van der Waals surface area contributed by atoms with E-state index in [2.05, 4.69) is 4.74 Å². The SMILES string of the molecule is COC1(F)C(F)(F)C(F)(F)C(F)(CO)C(F)(F)C1(F)F. The van der Waals surface area contributed by atoms with Crippen LogP contribution in [0.1, 0.15) is 0 Å². The third-order valence-corrected chi connectivity index (χ3v) is 3.09. The summed E-state index contributed by atoms with van der Waals surface area (Å²) in [6, 6.07) is 0. The molecule has 0 heterocycles. The van der Waals surface area contributed by atoms with Crippen molar-refractivity contribution in [3.05, 3.63) is 0 Å². The summed E-state index contributed by atoms with van der Waals surface area (Å²) in [7, 11) is -0.293. The standard InChI is InChI=1S/C8H6F10O2/c1-20-8(18)6(14,15)4(10,11)3(9,2-19)5(12,13)7(8,16)17/h19H,2H2,1H3. The van der Waals surface area contributed by atoms with E-state index in [1.165, 1.54) is 0 Å². The van der Waals surface area contributed by atoms with Crippen molar-refractivity contribution in [3.63, 3.8) is 0 Å². The lowest BCUT2D eigenvalue weighted by Crippen LogP contribution is -2.86. The average Bonchev–Trinajstić information content (AvgIpc) is 2.33. The first-order valence-electron chi connectivity index (χ1n) is 4.67. The topological polar surface area (TPSA) is 29.5 Å². The first-order valence-corrected chi connectivity index (χ1v) is 4.67. The van der Waals surface area contributed by atoms with Gasteiger partial charge in [-0.1, -0.05) is 0 Å².